The van der Waals surface area contributed by atoms with Gasteiger partial charge < -0.3 is 54.9 Å². The van der Waals surface area contributed by atoms with E-state index in [1.54, 1.807) is 55.4 Å². The summed E-state index contributed by atoms with van der Waals surface area (Å²) in [6.07, 6.45) is 27.5. The van der Waals surface area contributed by atoms with Gasteiger partial charge in [-0.25, -0.2) is 28.5 Å². The third-order valence-electron chi connectivity index (χ3n) is 20.6. The second-order valence-electron chi connectivity index (χ2n) is 29.4. The van der Waals surface area contributed by atoms with E-state index in [2.05, 4.69) is 74.5 Å². The van der Waals surface area contributed by atoms with Gasteiger partial charge in [0.1, 0.15) is 17.6 Å². The molecule has 11 heterocycles. The summed E-state index contributed by atoms with van der Waals surface area (Å²) in [5, 5.41) is 72.0. The molecular weight excluding hydrogens is 1310 g/mol. The first-order chi connectivity index (χ1) is 49.5. The number of amides is 1. The molecule has 6 N–H and O–H groups in total. The van der Waals surface area contributed by atoms with Crippen molar-refractivity contribution in [2.45, 2.75) is 218 Å². The number of rotatable bonds is 24. The van der Waals surface area contributed by atoms with Gasteiger partial charge in [0.15, 0.2) is 11.6 Å². The number of aliphatic hydroxyl groups is 3. The lowest BCUT2D eigenvalue weighted by atomic mass is 9.85. The number of fused-ring (bicyclic) bond motifs is 3. The van der Waals surface area contributed by atoms with Gasteiger partial charge in [0.25, 0.3) is 0 Å². The molecule has 3 saturated carbocycles. The minimum absolute atomic E-state index is 0.0459. The number of aryl methyl sites for hydroxylation is 1. The number of nitrogens with zero attached hydrogens (tertiary/aromatic N) is 18. The fraction of sp³-hybridized carbons (Fsp3) is 0.575. The Hall–Kier alpha value is -9.07. The normalized spacial score (nSPS) is 20.4. The van der Waals surface area contributed by atoms with Crippen LogP contribution in [0.2, 0.25) is 0 Å². The molecule has 1 aliphatic heterocycles. The van der Waals surface area contributed by atoms with Crippen LogP contribution in [-0.2, 0) is 41.4 Å². The van der Waals surface area contributed by atoms with Crippen molar-refractivity contribution in [1.29, 1.82) is 0 Å². The molecule has 14 rings (SSSR count). The van der Waals surface area contributed by atoms with Crippen molar-refractivity contribution in [1.82, 2.24) is 88.2 Å². The first-order valence-corrected chi connectivity index (χ1v) is 36.2. The van der Waals surface area contributed by atoms with Crippen molar-refractivity contribution < 1.29 is 43.6 Å². The molecule has 1 saturated heterocycles. The second kappa shape index (κ2) is 31.9. The van der Waals surface area contributed by atoms with Crippen molar-refractivity contribution in [3.8, 4) is 33.4 Å². The average molecular weight is 1420 g/mol. The molecule has 3 aliphatic carbocycles. The van der Waals surface area contributed by atoms with Crippen molar-refractivity contribution in [2.75, 3.05) is 70.2 Å². The highest BCUT2D eigenvalue weighted by atomic mass is 16.5. The van der Waals surface area contributed by atoms with Gasteiger partial charge in [-0.1, -0.05) is 5.16 Å². The van der Waals surface area contributed by atoms with E-state index in [1.807, 2.05) is 116 Å². The molecule has 4 aliphatic rings. The summed E-state index contributed by atoms with van der Waals surface area (Å²) >= 11 is 0. The molecule has 0 unspecified atom stereocenters. The number of anilines is 3. The summed E-state index contributed by atoms with van der Waals surface area (Å²) in [6.45, 7) is 20.7. The summed E-state index contributed by atoms with van der Waals surface area (Å²) in [5.74, 6) is 3.82. The average Bonchev–Trinajstić information content (AvgIpc) is 1.63. The van der Waals surface area contributed by atoms with Crippen LogP contribution in [-0.4, -0.2) is 206 Å². The first-order valence-electron chi connectivity index (χ1n) is 36.2. The zero-order valence-electron chi connectivity index (χ0n) is 61.4. The molecule has 0 radical (unpaired) electrons. The molecule has 0 bridgehead atoms. The number of hydrogen-bond donors (Lipinski definition) is 6. The van der Waals surface area contributed by atoms with E-state index in [9.17, 15) is 24.9 Å². The number of methoxy groups -OCH3 is 3. The first kappa shape index (κ1) is 73.7. The lowest BCUT2D eigenvalue weighted by Crippen LogP contribution is -2.52. The monoisotopic (exact) mass is 1420 g/mol. The quantitative estimate of drug-likeness (QED) is 0.0328. The Kier molecular flexibility index (Phi) is 22.8. The molecule has 0 aromatic carbocycles. The fourth-order valence-corrected chi connectivity index (χ4v) is 14.3. The van der Waals surface area contributed by atoms with Gasteiger partial charge in [-0.15, -0.1) is 15.3 Å². The van der Waals surface area contributed by atoms with E-state index in [4.69, 9.17) is 34.0 Å². The van der Waals surface area contributed by atoms with E-state index in [0.717, 1.165) is 164 Å². The predicted octanol–water partition coefficient (Wildman–Crippen LogP) is 9.21. The largest absolute Gasteiger partial charge is 0.393 e. The third kappa shape index (κ3) is 16.6. The van der Waals surface area contributed by atoms with Crippen molar-refractivity contribution in [2.24, 2.45) is 0 Å². The maximum absolute atomic E-state index is 13.0. The van der Waals surface area contributed by atoms with Gasteiger partial charge in [-0.05, 0) is 157 Å². The number of nitrogens with one attached hydrogen (secondary N) is 3. The van der Waals surface area contributed by atoms with E-state index in [-0.39, 0.29) is 48.1 Å². The van der Waals surface area contributed by atoms with Crippen LogP contribution in [0.15, 0.2) is 78.5 Å². The number of ether oxygens (including phenoxy) is 3. The molecular formula is C73H101N21O9. The number of carbonyl (C=O) groups is 2. The van der Waals surface area contributed by atoms with Gasteiger partial charge in [-0.3, -0.25) is 23.6 Å². The zero-order valence-corrected chi connectivity index (χ0v) is 61.4. The van der Waals surface area contributed by atoms with Crippen LogP contribution in [0, 0.1) is 6.92 Å². The highest BCUT2D eigenvalue weighted by molar-refractivity contribution is 5.86. The SMILES string of the molecule is COC[C@H](C)Nc1ncc2c(-c3cnn(C(C)(C)C(=O)N4CCC4)c3)cc(C3CCC(O)CC3)n2n1.COC[C@H](C)Nc1ncc2c(-c3cnn(C(C)(C)C(C)=O)c3)cc(C3CCC(O)CC3)n2n1.COC[C@H](C)Nc1ncc2c(-c3cnn(Cc4noc(C)n4)c3)cc(C3CCC(O)CC3)n2n1. The number of likely N-dealkylation sites (tertiary alicyclic amines) is 1. The topological polar surface area (TPSA) is 345 Å². The van der Waals surface area contributed by atoms with Crippen molar-refractivity contribution in [3.05, 3.63) is 103 Å². The standard InChI is InChI=1S/C26H37N7O3.C24H34N6O3.C23H30N8O3/c1-17(16-36-4)29-25-27-14-23-21(12-22(33(23)30-25)18-6-8-20(34)9-7-18)19-13-28-32(15-19)26(2,3)24(35)31-10-5-11-31;1-15(14-33-5)27-23-25-12-22-20(18-11-26-29(13-18)24(3,4)16(2)31)10-21(30(22)28-23)17-6-8-19(32)9-7-17;1-14(13-33-3)26-23-24-10-21-19(8-20(31(21)28-23)16-4-6-18(32)7-5-16)17-9-25-30(11-17)12-22-27-15(2)34-29-22/h12-15,17-18,20,34H,5-11,16H2,1-4H3,(H,29,30);10-13,15,17,19,32H,6-9,14H2,1-5H3,(H,27,28);8-11,14,16,18,32H,4-7,12-13H2,1-3H3,(H,26,28)/t17-,18?,20?;15-,17?,19?;14-,16?,18?/m000/s1. The van der Waals surface area contributed by atoms with Crippen LogP contribution in [0.5, 0.6) is 0 Å². The molecule has 10 aromatic rings. The van der Waals surface area contributed by atoms with Gasteiger partial charge >= 0.3 is 0 Å². The molecule has 0 spiro atoms. The smallest absolute Gasteiger partial charge is 0.249 e. The minimum atomic E-state index is -0.762. The number of hydrogen-bond acceptors (Lipinski definition) is 23. The Balaban J connectivity index is 0.000000146. The number of aromatic nitrogens is 17. The maximum Gasteiger partial charge on any atom is 0.249 e. The highest BCUT2D eigenvalue weighted by Gasteiger charge is 2.38. The van der Waals surface area contributed by atoms with E-state index >= 15 is 0 Å². The Bertz CT molecular complexity index is 4490. The van der Waals surface area contributed by atoms with Crippen LogP contribution in [0.25, 0.3) is 49.9 Å². The van der Waals surface area contributed by atoms with E-state index in [1.165, 1.54) is 0 Å². The summed E-state index contributed by atoms with van der Waals surface area (Å²) in [4.78, 5) is 45.0. The van der Waals surface area contributed by atoms with Gasteiger partial charge in [-0.2, -0.15) is 20.3 Å². The minimum Gasteiger partial charge on any atom is -0.393 e. The Morgan fingerprint density at radius 1 is 0.544 bits per heavy atom. The Morgan fingerprint density at radius 2 is 0.913 bits per heavy atom. The molecule has 1 amide bonds. The molecule has 3 atom stereocenters. The number of Topliss-reactive ketones (excluding diaryl/α,β-unsaturated/α-hetero) is 1. The molecule has 30 nitrogen and oxygen atoms in total. The lowest BCUT2D eigenvalue weighted by molar-refractivity contribution is -0.143. The highest BCUT2D eigenvalue weighted by Crippen LogP contribution is 2.42. The molecule has 30 heteroatoms. The molecule has 10 aromatic heterocycles. The summed E-state index contributed by atoms with van der Waals surface area (Å²) in [6, 6.07) is 6.76. The van der Waals surface area contributed by atoms with Crippen LogP contribution >= 0.6 is 0 Å². The predicted molar refractivity (Wildman–Crippen MR) is 388 cm³/mol. The van der Waals surface area contributed by atoms with Crippen LogP contribution in [0.4, 0.5) is 17.8 Å². The summed E-state index contributed by atoms with van der Waals surface area (Å²) < 4.78 is 32.0. The number of carbonyl (C=O) groups excluding carboxylic acids is 2. The maximum atomic E-state index is 13.0. The van der Waals surface area contributed by atoms with Crippen LogP contribution < -0.4 is 16.0 Å². The zero-order chi connectivity index (χ0) is 72.9. The van der Waals surface area contributed by atoms with Crippen molar-refractivity contribution in [3.63, 3.8) is 0 Å². The Morgan fingerprint density at radius 3 is 1.25 bits per heavy atom. The van der Waals surface area contributed by atoms with Gasteiger partial charge in [0.2, 0.25) is 29.6 Å². The number of ketones is 1. The number of aliphatic hydroxyl groups excluding tert-OH is 3. The van der Waals surface area contributed by atoms with E-state index in [0.29, 0.717) is 73.7 Å². The van der Waals surface area contributed by atoms with E-state index < -0.39 is 11.1 Å². The van der Waals surface area contributed by atoms with Crippen molar-refractivity contribution >= 4 is 46.1 Å². The lowest BCUT2D eigenvalue weighted by Gasteiger charge is -2.37. The molecule has 103 heavy (non-hydrogen) atoms. The van der Waals surface area contributed by atoms with Gasteiger partial charge in [0.05, 0.1) is 91.9 Å². The van der Waals surface area contributed by atoms with Gasteiger partial charge in [0, 0.05) is 146 Å². The molecule has 552 valence electrons. The molecule has 4 fully saturated rings. The Labute approximate surface area is 599 Å². The fourth-order valence-electron chi connectivity index (χ4n) is 14.3. The summed E-state index contributed by atoms with van der Waals surface area (Å²) in [7, 11) is 5.02. The van der Waals surface area contributed by atoms with Crippen LogP contribution in [0.3, 0.4) is 0 Å². The second-order valence-corrected chi connectivity index (χ2v) is 29.4. The third-order valence-corrected chi connectivity index (χ3v) is 20.6. The summed E-state index contributed by atoms with van der Waals surface area (Å²) in [5.41, 5.74) is 10.4. The van der Waals surface area contributed by atoms with Crippen LogP contribution in [0.1, 0.15) is 185 Å².